The van der Waals surface area contributed by atoms with Crippen LogP contribution in [-0.4, -0.2) is 36.5 Å². The largest absolute Gasteiger partial charge is 0.467 e. The van der Waals surface area contributed by atoms with E-state index in [-0.39, 0.29) is 18.5 Å². The molecule has 0 bridgehead atoms. The second-order valence-electron chi connectivity index (χ2n) is 6.17. The Kier molecular flexibility index (Phi) is 8.38. The Hall–Kier alpha value is -2.80. The first-order valence-corrected chi connectivity index (χ1v) is 9.21. The van der Waals surface area contributed by atoms with E-state index in [2.05, 4.69) is 46.8 Å². The fourth-order valence-corrected chi connectivity index (χ4v) is 2.53. The number of benzene rings is 1. The molecule has 27 heavy (non-hydrogen) atoms. The predicted molar refractivity (Wildman–Crippen MR) is 104 cm³/mol. The fraction of sp³-hybridized carbons (Fsp3) is 0.400. The Bertz CT molecular complexity index is 695. The molecule has 0 aliphatic carbocycles. The van der Waals surface area contributed by atoms with Gasteiger partial charge in [-0.3, -0.25) is 9.69 Å². The van der Waals surface area contributed by atoms with Crippen molar-refractivity contribution >= 4 is 11.9 Å². The predicted octanol–water partition coefficient (Wildman–Crippen LogP) is 2.24. The van der Waals surface area contributed by atoms with Crippen LogP contribution in [0.2, 0.25) is 0 Å². The summed E-state index contributed by atoms with van der Waals surface area (Å²) in [5, 5.41) is 7.95. The second kappa shape index (κ2) is 11.0. The lowest BCUT2D eigenvalue weighted by molar-refractivity contribution is -0.120. The highest BCUT2D eigenvalue weighted by Gasteiger charge is 2.06. The molecule has 0 aliphatic heterocycles. The zero-order valence-electron chi connectivity index (χ0n) is 16.0. The molecule has 7 nitrogen and oxygen atoms in total. The Balaban J connectivity index is 1.65. The van der Waals surface area contributed by atoms with Crippen LogP contribution in [-0.2, 0) is 24.4 Å². The third-order valence-corrected chi connectivity index (χ3v) is 4.23. The molecule has 1 aromatic heterocycles. The van der Waals surface area contributed by atoms with Gasteiger partial charge in [0, 0.05) is 13.1 Å². The van der Waals surface area contributed by atoms with Gasteiger partial charge in [0.05, 0.1) is 19.4 Å². The van der Waals surface area contributed by atoms with Gasteiger partial charge in [-0.15, -0.1) is 0 Å². The minimum atomic E-state index is -0.379. The van der Waals surface area contributed by atoms with E-state index in [0.29, 0.717) is 18.8 Å². The van der Waals surface area contributed by atoms with Gasteiger partial charge in [0.15, 0.2) is 0 Å². The number of furan rings is 1. The third kappa shape index (κ3) is 7.53. The summed E-state index contributed by atoms with van der Waals surface area (Å²) < 4.78 is 5.12. The summed E-state index contributed by atoms with van der Waals surface area (Å²) in [6.07, 6.45) is 1.54. The molecule has 2 aromatic rings. The van der Waals surface area contributed by atoms with Crippen LogP contribution < -0.4 is 16.0 Å². The molecule has 7 heteroatoms. The standard InChI is InChI=1S/C20H28N4O3/c1-3-24(4-2)15-17-9-7-16(8-10-17)12-22-20(26)23-14-19(25)21-13-18-6-5-11-27-18/h5-11H,3-4,12-15H2,1-2H3,(H,21,25)(H2,22,23,26). The van der Waals surface area contributed by atoms with Crippen molar-refractivity contribution in [2.45, 2.75) is 33.5 Å². The zero-order chi connectivity index (χ0) is 19.5. The van der Waals surface area contributed by atoms with E-state index < -0.39 is 0 Å². The molecule has 0 unspecified atom stereocenters. The second-order valence-corrected chi connectivity index (χ2v) is 6.17. The molecule has 146 valence electrons. The SMILES string of the molecule is CCN(CC)Cc1ccc(CNC(=O)NCC(=O)NCc2ccco2)cc1. The summed E-state index contributed by atoms with van der Waals surface area (Å²) in [4.78, 5) is 25.9. The van der Waals surface area contributed by atoms with Crippen molar-refractivity contribution in [1.29, 1.82) is 0 Å². The minimum absolute atomic E-state index is 0.0879. The lowest BCUT2D eigenvalue weighted by Crippen LogP contribution is -2.41. The van der Waals surface area contributed by atoms with Gasteiger partial charge < -0.3 is 20.4 Å². The number of carbonyl (C=O) groups is 2. The van der Waals surface area contributed by atoms with Gasteiger partial charge in [-0.2, -0.15) is 0 Å². The fourth-order valence-electron chi connectivity index (χ4n) is 2.53. The highest BCUT2D eigenvalue weighted by Crippen LogP contribution is 2.07. The van der Waals surface area contributed by atoms with Crippen molar-refractivity contribution in [2.75, 3.05) is 19.6 Å². The van der Waals surface area contributed by atoms with Crippen LogP contribution in [0.4, 0.5) is 4.79 Å². The van der Waals surface area contributed by atoms with Gasteiger partial charge in [0.25, 0.3) is 0 Å². The number of rotatable bonds is 10. The smallest absolute Gasteiger partial charge is 0.315 e. The quantitative estimate of drug-likeness (QED) is 0.597. The van der Waals surface area contributed by atoms with Crippen molar-refractivity contribution < 1.29 is 14.0 Å². The van der Waals surface area contributed by atoms with E-state index in [0.717, 1.165) is 25.2 Å². The molecule has 0 saturated heterocycles. The monoisotopic (exact) mass is 372 g/mol. The number of hydrogen-bond donors (Lipinski definition) is 3. The number of hydrogen-bond acceptors (Lipinski definition) is 4. The van der Waals surface area contributed by atoms with Gasteiger partial charge >= 0.3 is 6.03 Å². The number of nitrogens with one attached hydrogen (secondary N) is 3. The summed E-state index contributed by atoms with van der Waals surface area (Å²) in [6, 6.07) is 11.3. The molecule has 0 radical (unpaired) electrons. The number of amides is 3. The van der Waals surface area contributed by atoms with Crippen molar-refractivity contribution in [3.63, 3.8) is 0 Å². The topological polar surface area (TPSA) is 86.6 Å². The first kappa shape index (κ1) is 20.5. The van der Waals surface area contributed by atoms with Gasteiger partial charge in [0.1, 0.15) is 5.76 Å². The first-order chi connectivity index (χ1) is 13.1. The molecule has 1 heterocycles. The highest BCUT2D eigenvalue weighted by atomic mass is 16.3. The summed E-state index contributed by atoms with van der Waals surface area (Å²) >= 11 is 0. The molecular formula is C20H28N4O3. The van der Waals surface area contributed by atoms with E-state index in [4.69, 9.17) is 4.42 Å². The van der Waals surface area contributed by atoms with Crippen LogP contribution in [0, 0.1) is 0 Å². The molecule has 0 atom stereocenters. The maximum Gasteiger partial charge on any atom is 0.315 e. The average molecular weight is 372 g/mol. The number of nitrogens with zero attached hydrogens (tertiary/aromatic N) is 1. The van der Waals surface area contributed by atoms with E-state index >= 15 is 0 Å². The maximum absolute atomic E-state index is 11.8. The molecular weight excluding hydrogens is 344 g/mol. The van der Waals surface area contributed by atoms with Crippen LogP contribution in [0.25, 0.3) is 0 Å². The van der Waals surface area contributed by atoms with Crippen LogP contribution >= 0.6 is 0 Å². The van der Waals surface area contributed by atoms with E-state index in [1.165, 1.54) is 5.56 Å². The normalized spacial score (nSPS) is 10.6. The molecule has 0 aliphatic rings. The lowest BCUT2D eigenvalue weighted by Gasteiger charge is -2.18. The van der Waals surface area contributed by atoms with Crippen LogP contribution in [0.15, 0.2) is 47.1 Å². The van der Waals surface area contributed by atoms with E-state index in [1.54, 1.807) is 18.4 Å². The van der Waals surface area contributed by atoms with Crippen LogP contribution in [0.3, 0.4) is 0 Å². The number of carbonyl (C=O) groups excluding carboxylic acids is 2. The summed E-state index contributed by atoms with van der Waals surface area (Å²) in [6.45, 7) is 7.89. The van der Waals surface area contributed by atoms with Crippen molar-refractivity contribution in [1.82, 2.24) is 20.9 Å². The average Bonchev–Trinajstić information content (AvgIpc) is 3.21. The minimum Gasteiger partial charge on any atom is -0.467 e. The molecule has 0 fully saturated rings. The summed E-state index contributed by atoms with van der Waals surface area (Å²) in [5.41, 5.74) is 2.26. The molecule has 1 aromatic carbocycles. The summed E-state index contributed by atoms with van der Waals surface area (Å²) in [5.74, 6) is 0.388. The highest BCUT2D eigenvalue weighted by molar-refractivity contribution is 5.83. The molecule has 3 amide bonds. The Morgan fingerprint density at radius 1 is 0.926 bits per heavy atom. The maximum atomic E-state index is 11.8. The van der Waals surface area contributed by atoms with Gasteiger partial charge in [-0.1, -0.05) is 38.1 Å². The van der Waals surface area contributed by atoms with Crippen molar-refractivity contribution in [3.05, 3.63) is 59.5 Å². The third-order valence-electron chi connectivity index (χ3n) is 4.23. The van der Waals surface area contributed by atoms with Gasteiger partial charge in [-0.25, -0.2) is 4.79 Å². The Morgan fingerprint density at radius 2 is 1.63 bits per heavy atom. The molecule has 2 rings (SSSR count). The molecule has 3 N–H and O–H groups in total. The van der Waals surface area contributed by atoms with E-state index in [9.17, 15) is 9.59 Å². The van der Waals surface area contributed by atoms with Crippen LogP contribution in [0.1, 0.15) is 30.7 Å². The van der Waals surface area contributed by atoms with Crippen molar-refractivity contribution in [3.8, 4) is 0 Å². The summed E-state index contributed by atoms with van der Waals surface area (Å²) in [7, 11) is 0. The van der Waals surface area contributed by atoms with Crippen molar-refractivity contribution in [2.24, 2.45) is 0 Å². The first-order valence-electron chi connectivity index (χ1n) is 9.21. The molecule has 0 saturated carbocycles. The lowest BCUT2D eigenvalue weighted by atomic mass is 10.1. The Morgan fingerprint density at radius 3 is 2.26 bits per heavy atom. The molecule has 0 spiro atoms. The van der Waals surface area contributed by atoms with Gasteiger partial charge in [-0.05, 0) is 36.3 Å². The number of urea groups is 1. The van der Waals surface area contributed by atoms with Crippen LogP contribution in [0.5, 0.6) is 0 Å². The van der Waals surface area contributed by atoms with E-state index in [1.807, 2.05) is 12.1 Å². The Labute approximate surface area is 160 Å². The van der Waals surface area contributed by atoms with Gasteiger partial charge in [0.2, 0.25) is 5.91 Å². The zero-order valence-corrected chi connectivity index (χ0v) is 16.0.